The number of nitrogens with zero attached hydrogens (tertiary/aromatic N) is 1. The van der Waals surface area contributed by atoms with E-state index in [1.54, 1.807) is 13.0 Å². The molecule has 0 fully saturated rings. The van der Waals surface area contributed by atoms with Crippen LogP contribution in [0.15, 0.2) is 18.3 Å². The Labute approximate surface area is 110 Å². The molecule has 1 rings (SSSR count). The monoisotopic (exact) mass is 266 g/mol. The molecule has 6 nitrogen and oxygen atoms in total. The first-order valence-corrected chi connectivity index (χ1v) is 5.76. The van der Waals surface area contributed by atoms with Gasteiger partial charge in [-0.1, -0.05) is 12.2 Å². The average molecular weight is 266 g/mol. The smallest absolute Gasteiger partial charge is 0.270 e. The van der Waals surface area contributed by atoms with Crippen molar-refractivity contribution in [3.63, 3.8) is 0 Å². The summed E-state index contributed by atoms with van der Waals surface area (Å²) in [5.41, 5.74) is 6.21. The predicted molar refractivity (Wildman–Crippen MR) is 71.1 cm³/mol. The number of aromatic nitrogens is 1. The van der Waals surface area contributed by atoms with E-state index in [9.17, 15) is 9.59 Å². The molecule has 18 heavy (non-hydrogen) atoms. The minimum absolute atomic E-state index is 0.0780. The molecule has 0 radical (unpaired) electrons. The third-order valence-electron chi connectivity index (χ3n) is 2.06. The fourth-order valence-corrected chi connectivity index (χ4v) is 1.31. The third-order valence-corrected chi connectivity index (χ3v) is 2.30. The van der Waals surface area contributed by atoms with Crippen molar-refractivity contribution in [1.82, 2.24) is 15.6 Å². The van der Waals surface area contributed by atoms with Gasteiger partial charge in [-0.15, -0.1) is 0 Å². The van der Waals surface area contributed by atoms with Gasteiger partial charge in [-0.05, 0) is 19.1 Å². The summed E-state index contributed by atoms with van der Waals surface area (Å²) in [6, 6.07) is 3.11. The van der Waals surface area contributed by atoms with Crippen molar-refractivity contribution in [2.45, 2.75) is 6.92 Å². The average Bonchev–Trinajstić information content (AvgIpc) is 2.36. The summed E-state index contributed by atoms with van der Waals surface area (Å²) in [5, 5.41) is 5.02. The molecule has 0 aliphatic carbocycles. The maximum atomic E-state index is 11.6. The Kier molecular flexibility index (Phi) is 5.19. The number of carbonyl (C=O) groups excluding carboxylic acids is 2. The zero-order valence-electron chi connectivity index (χ0n) is 9.90. The third kappa shape index (κ3) is 4.10. The fourth-order valence-electron chi connectivity index (χ4n) is 1.18. The minimum atomic E-state index is -0.421. The van der Waals surface area contributed by atoms with Gasteiger partial charge in [-0.25, -0.2) is 0 Å². The Hall–Kier alpha value is -2.02. The Bertz CT molecular complexity index is 459. The lowest BCUT2D eigenvalue weighted by atomic mass is 10.2. The highest BCUT2D eigenvalue weighted by Gasteiger charge is 2.09. The van der Waals surface area contributed by atoms with E-state index in [4.69, 9.17) is 18.0 Å². The van der Waals surface area contributed by atoms with Crippen molar-refractivity contribution >= 4 is 29.0 Å². The normalized spacial score (nSPS) is 9.61. The molecular formula is C11H14N4O2S. The number of nitrogens with two attached hydrogens (primary N) is 1. The molecule has 0 spiro atoms. The number of rotatable bonds is 5. The summed E-state index contributed by atoms with van der Waals surface area (Å²) >= 11 is 4.77. The molecule has 0 aliphatic rings. The van der Waals surface area contributed by atoms with Crippen molar-refractivity contribution in [2.24, 2.45) is 5.73 Å². The number of amides is 2. The fraction of sp³-hybridized carbons (Fsp3) is 0.273. The van der Waals surface area contributed by atoms with E-state index in [0.29, 0.717) is 12.1 Å². The second-order valence-corrected chi connectivity index (χ2v) is 3.87. The highest BCUT2D eigenvalue weighted by Crippen LogP contribution is 2.00. The van der Waals surface area contributed by atoms with E-state index in [2.05, 4.69) is 15.6 Å². The first-order chi connectivity index (χ1) is 8.54. The van der Waals surface area contributed by atoms with Gasteiger partial charge in [0, 0.05) is 18.3 Å². The van der Waals surface area contributed by atoms with Gasteiger partial charge in [0.2, 0.25) is 5.91 Å². The lowest BCUT2D eigenvalue weighted by molar-refractivity contribution is -0.120. The Morgan fingerprint density at radius 1 is 1.39 bits per heavy atom. The van der Waals surface area contributed by atoms with Crippen molar-refractivity contribution in [3.05, 3.63) is 29.6 Å². The van der Waals surface area contributed by atoms with Crippen LogP contribution in [-0.2, 0) is 4.79 Å². The van der Waals surface area contributed by atoms with Crippen LogP contribution in [0.4, 0.5) is 0 Å². The summed E-state index contributed by atoms with van der Waals surface area (Å²) in [4.78, 5) is 26.9. The van der Waals surface area contributed by atoms with Crippen LogP contribution in [0.1, 0.15) is 23.0 Å². The van der Waals surface area contributed by atoms with E-state index < -0.39 is 5.91 Å². The van der Waals surface area contributed by atoms with E-state index in [1.165, 1.54) is 12.3 Å². The molecule has 0 aromatic carbocycles. The molecule has 4 N–H and O–H groups in total. The van der Waals surface area contributed by atoms with Crippen LogP contribution in [0.25, 0.3) is 0 Å². The SMILES string of the molecule is CCNC(=O)CNC(=O)c1ccc(C(N)=S)cn1. The zero-order valence-corrected chi connectivity index (χ0v) is 10.7. The van der Waals surface area contributed by atoms with Crippen LogP contribution < -0.4 is 16.4 Å². The molecule has 0 atom stereocenters. The number of thiocarbonyl (C=S) groups is 1. The van der Waals surface area contributed by atoms with E-state index in [1.807, 2.05) is 0 Å². The molecule has 7 heteroatoms. The van der Waals surface area contributed by atoms with E-state index in [0.717, 1.165) is 0 Å². The number of hydrogen-bond acceptors (Lipinski definition) is 4. The standard InChI is InChI=1S/C11H14N4O2S/c1-2-13-9(16)6-15-11(17)8-4-3-7(5-14-8)10(12)18/h3-5H,2,6H2,1H3,(H2,12,18)(H,13,16)(H,15,17). The Balaban J connectivity index is 2.56. The van der Waals surface area contributed by atoms with Gasteiger partial charge in [0.1, 0.15) is 10.7 Å². The number of nitrogens with one attached hydrogen (secondary N) is 2. The highest BCUT2D eigenvalue weighted by atomic mass is 32.1. The summed E-state index contributed by atoms with van der Waals surface area (Å²) < 4.78 is 0. The molecule has 0 saturated heterocycles. The first kappa shape index (κ1) is 14.0. The van der Waals surface area contributed by atoms with Crippen LogP contribution in [-0.4, -0.2) is 34.9 Å². The number of likely N-dealkylation sites (N-methyl/N-ethyl adjacent to an activating group) is 1. The molecule has 0 saturated carbocycles. The van der Waals surface area contributed by atoms with Gasteiger partial charge < -0.3 is 16.4 Å². The summed E-state index contributed by atoms with van der Waals surface area (Å²) in [5.74, 6) is -0.665. The molecule has 2 amide bonds. The minimum Gasteiger partial charge on any atom is -0.389 e. The van der Waals surface area contributed by atoms with Crippen LogP contribution in [0.5, 0.6) is 0 Å². The van der Waals surface area contributed by atoms with Gasteiger partial charge >= 0.3 is 0 Å². The topological polar surface area (TPSA) is 97.1 Å². The zero-order chi connectivity index (χ0) is 13.5. The maximum Gasteiger partial charge on any atom is 0.270 e. The van der Waals surface area contributed by atoms with Crippen LogP contribution in [0, 0.1) is 0 Å². The Morgan fingerprint density at radius 2 is 2.11 bits per heavy atom. The predicted octanol–water partition coefficient (Wildman–Crippen LogP) is -0.418. The first-order valence-electron chi connectivity index (χ1n) is 5.35. The molecule has 1 aromatic rings. The summed E-state index contributed by atoms with van der Waals surface area (Å²) in [7, 11) is 0. The quantitative estimate of drug-likeness (QED) is 0.629. The number of carbonyl (C=O) groups is 2. The molecule has 96 valence electrons. The molecule has 0 aliphatic heterocycles. The lowest BCUT2D eigenvalue weighted by Crippen LogP contribution is -2.37. The molecule has 1 heterocycles. The van der Waals surface area contributed by atoms with Crippen molar-refractivity contribution in [3.8, 4) is 0 Å². The lowest BCUT2D eigenvalue weighted by Gasteiger charge is -2.05. The Morgan fingerprint density at radius 3 is 2.61 bits per heavy atom. The van der Waals surface area contributed by atoms with Crippen LogP contribution in [0.3, 0.4) is 0 Å². The summed E-state index contributed by atoms with van der Waals surface area (Å²) in [6.45, 7) is 2.25. The van der Waals surface area contributed by atoms with Crippen molar-refractivity contribution in [2.75, 3.05) is 13.1 Å². The van der Waals surface area contributed by atoms with Gasteiger partial charge in [0.25, 0.3) is 5.91 Å². The van der Waals surface area contributed by atoms with Gasteiger partial charge in [0.15, 0.2) is 0 Å². The molecule has 1 aromatic heterocycles. The van der Waals surface area contributed by atoms with Gasteiger partial charge in [-0.3, -0.25) is 14.6 Å². The molecular weight excluding hydrogens is 252 g/mol. The van der Waals surface area contributed by atoms with Crippen molar-refractivity contribution < 1.29 is 9.59 Å². The van der Waals surface area contributed by atoms with Gasteiger partial charge in [-0.2, -0.15) is 0 Å². The largest absolute Gasteiger partial charge is 0.389 e. The summed E-state index contributed by atoms with van der Waals surface area (Å²) in [6.07, 6.45) is 1.42. The van der Waals surface area contributed by atoms with Crippen LogP contribution in [0.2, 0.25) is 0 Å². The van der Waals surface area contributed by atoms with Crippen molar-refractivity contribution in [1.29, 1.82) is 0 Å². The van der Waals surface area contributed by atoms with E-state index >= 15 is 0 Å². The van der Waals surface area contributed by atoms with E-state index in [-0.39, 0.29) is 23.1 Å². The second kappa shape index (κ2) is 6.65. The highest BCUT2D eigenvalue weighted by molar-refractivity contribution is 7.80. The second-order valence-electron chi connectivity index (χ2n) is 3.43. The maximum absolute atomic E-state index is 11.6. The number of hydrogen-bond donors (Lipinski definition) is 3. The molecule has 0 bridgehead atoms. The van der Waals surface area contributed by atoms with Crippen LogP contribution >= 0.6 is 12.2 Å². The molecule has 0 unspecified atom stereocenters. The number of pyridine rings is 1. The van der Waals surface area contributed by atoms with Gasteiger partial charge in [0.05, 0.1) is 6.54 Å².